The number of anilines is 2. The smallest absolute Gasteiger partial charge is 0.234 e. The maximum Gasteiger partial charge on any atom is 0.234 e. The van der Waals surface area contributed by atoms with Crippen molar-refractivity contribution >= 4 is 35.0 Å². The SMILES string of the molecule is Cc1ccc(NC(=O)CSc2cccc(NC(=O)C3CC3)c2)cc1. The molecule has 3 rings (SSSR count). The molecule has 0 unspecified atom stereocenters. The third-order valence-electron chi connectivity index (χ3n) is 3.75. The second-order valence-electron chi connectivity index (χ2n) is 5.99. The first-order valence-electron chi connectivity index (χ1n) is 8.00. The van der Waals surface area contributed by atoms with E-state index < -0.39 is 0 Å². The molecular weight excluding hydrogens is 320 g/mol. The van der Waals surface area contributed by atoms with Crippen molar-refractivity contribution in [3.8, 4) is 0 Å². The summed E-state index contributed by atoms with van der Waals surface area (Å²) in [6, 6.07) is 15.3. The van der Waals surface area contributed by atoms with Gasteiger partial charge in [-0.1, -0.05) is 23.8 Å². The monoisotopic (exact) mass is 340 g/mol. The lowest BCUT2D eigenvalue weighted by molar-refractivity contribution is -0.117. The van der Waals surface area contributed by atoms with Gasteiger partial charge in [-0.2, -0.15) is 0 Å². The molecule has 1 fully saturated rings. The first kappa shape index (κ1) is 16.6. The third-order valence-corrected chi connectivity index (χ3v) is 4.75. The molecule has 0 aliphatic heterocycles. The van der Waals surface area contributed by atoms with Gasteiger partial charge in [0.1, 0.15) is 0 Å². The average Bonchev–Trinajstić information content (AvgIpc) is 3.41. The Morgan fingerprint density at radius 1 is 1.04 bits per heavy atom. The lowest BCUT2D eigenvalue weighted by Gasteiger charge is -2.08. The highest BCUT2D eigenvalue weighted by molar-refractivity contribution is 8.00. The van der Waals surface area contributed by atoms with Crippen molar-refractivity contribution in [1.82, 2.24) is 0 Å². The van der Waals surface area contributed by atoms with Gasteiger partial charge in [0.05, 0.1) is 5.75 Å². The molecule has 4 nitrogen and oxygen atoms in total. The first-order chi connectivity index (χ1) is 11.6. The fraction of sp³-hybridized carbons (Fsp3) is 0.263. The van der Waals surface area contributed by atoms with E-state index in [1.807, 2.05) is 55.5 Å². The van der Waals surface area contributed by atoms with E-state index >= 15 is 0 Å². The molecule has 0 heterocycles. The number of amides is 2. The molecule has 5 heteroatoms. The summed E-state index contributed by atoms with van der Waals surface area (Å²) in [6.07, 6.45) is 1.97. The molecule has 1 aliphatic carbocycles. The molecule has 2 amide bonds. The van der Waals surface area contributed by atoms with Crippen LogP contribution in [0.3, 0.4) is 0 Å². The van der Waals surface area contributed by atoms with Gasteiger partial charge in [-0.3, -0.25) is 9.59 Å². The topological polar surface area (TPSA) is 58.2 Å². The highest BCUT2D eigenvalue weighted by Crippen LogP contribution is 2.30. The zero-order valence-electron chi connectivity index (χ0n) is 13.5. The van der Waals surface area contributed by atoms with Crippen LogP contribution in [0.2, 0.25) is 0 Å². The van der Waals surface area contributed by atoms with E-state index in [0.717, 1.165) is 34.7 Å². The highest BCUT2D eigenvalue weighted by atomic mass is 32.2. The number of benzene rings is 2. The van der Waals surface area contributed by atoms with Crippen LogP contribution in [0.15, 0.2) is 53.4 Å². The third kappa shape index (κ3) is 4.86. The predicted molar refractivity (Wildman–Crippen MR) is 98.3 cm³/mol. The highest BCUT2D eigenvalue weighted by Gasteiger charge is 2.29. The molecule has 24 heavy (non-hydrogen) atoms. The minimum atomic E-state index is -0.0451. The lowest BCUT2D eigenvalue weighted by atomic mass is 10.2. The Morgan fingerprint density at radius 2 is 1.79 bits per heavy atom. The van der Waals surface area contributed by atoms with Crippen LogP contribution < -0.4 is 10.6 Å². The van der Waals surface area contributed by atoms with Crippen molar-refractivity contribution in [1.29, 1.82) is 0 Å². The van der Waals surface area contributed by atoms with Crippen LogP contribution in [0.25, 0.3) is 0 Å². The van der Waals surface area contributed by atoms with E-state index in [1.54, 1.807) is 0 Å². The Labute approximate surface area is 146 Å². The summed E-state index contributed by atoms with van der Waals surface area (Å²) in [5, 5.41) is 5.80. The summed E-state index contributed by atoms with van der Waals surface area (Å²) in [5.74, 6) is 0.556. The molecule has 1 saturated carbocycles. The summed E-state index contributed by atoms with van der Waals surface area (Å²) in [5.41, 5.74) is 2.75. The predicted octanol–water partition coefficient (Wildman–Crippen LogP) is 4.07. The van der Waals surface area contributed by atoms with E-state index in [9.17, 15) is 9.59 Å². The van der Waals surface area contributed by atoms with Gasteiger partial charge < -0.3 is 10.6 Å². The number of nitrogens with one attached hydrogen (secondary N) is 2. The number of carbonyl (C=O) groups excluding carboxylic acids is 2. The van der Waals surface area contributed by atoms with Gasteiger partial charge in [-0.15, -0.1) is 11.8 Å². The van der Waals surface area contributed by atoms with E-state index in [2.05, 4.69) is 10.6 Å². The van der Waals surface area contributed by atoms with E-state index in [1.165, 1.54) is 11.8 Å². The standard InChI is InChI=1S/C19H20N2O2S/c1-13-5-9-15(10-6-13)20-18(22)12-24-17-4-2-3-16(11-17)21-19(23)14-7-8-14/h2-6,9-11,14H,7-8,12H2,1H3,(H,20,22)(H,21,23). The Kier molecular flexibility index (Phi) is 5.20. The van der Waals surface area contributed by atoms with Crippen LogP contribution in [0.5, 0.6) is 0 Å². The zero-order chi connectivity index (χ0) is 16.9. The number of rotatable bonds is 6. The van der Waals surface area contributed by atoms with Gasteiger partial charge in [-0.05, 0) is 50.1 Å². The van der Waals surface area contributed by atoms with Crippen molar-refractivity contribution in [2.75, 3.05) is 16.4 Å². The van der Waals surface area contributed by atoms with E-state index in [0.29, 0.717) is 5.75 Å². The maximum absolute atomic E-state index is 12.0. The maximum atomic E-state index is 12.0. The van der Waals surface area contributed by atoms with Gasteiger partial charge in [0.25, 0.3) is 0 Å². The van der Waals surface area contributed by atoms with Crippen LogP contribution in [0, 0.1) is 12.8 Å². The fourth-order valence-corrected chi connectivity index (χ4v) is 2.99. The summed E-state index contributed by atoms with van der Waals surface area (Å²) in [7, 11) is 0. The van der Waals surface area contributed by atoms with Gasteiger partial charge >= 0.3 is 0 Å². The minimum absolute atomic E-state index is 0.0451. The van der Waals surface area contributed by atoms with Crippen LogP contribution in [-0.4, -0.2) is 17.6 Å². The largest absolute Gasteiger partial charge is 0.326 e. The van der Waals surface area contributed by atoms with E-state index in [-0.39, 0.29) is 17.7 Å². The molecule has 1 aliphatic rings. The molecule has 2 N–H and O–H groups in total. The Balaban J connectivity index is 1.51. The minimum Gasteiger partial charge on any atom is -0.326 e. The molecule has 2 aromatic carbocycles. The quantitative estimate of drug-likeness (QED) is 0.779. The average molecular weight is 340 g/mol. The summed E-state index contributed by atoms with van der Waals surface area (Å²) < 4.78 is 0. The molecular formula is C19H20N2O2S. The molecule has 0 radical (unpaired) electrons. The number of hydrogen-bond donors (Lipinski definition) is 2. The number of aryl methyl sites for hydroxylation is 1. The molecule has 0 atom stereocenters. The molecule has 0 aromatic heterocycles. The van der Waals surface area contributed by atoms with Crippen molar-refractivity contribution in [2.24, 2.45) is 5.92 Å². The van der Waals surface area contributed by atoms with Gasteiger partial charge in [0, 0.05) is 22.2 Å². The fourth-order valence-electron chi connectivity index (χ4n) is 2.24. The van der Waals surface area contributed by atoms with Crippen LogP contribution in [0.1, 0.15) is 18.4 Å². The van der Waals surface area contributed by atoms with Crippen LogP contribution in [0.4, 0.5) is 11.4 Å². The molecule has 0 spiro atoms. The van der Waals surface area contributed by atoms with Gasteiger partial charge in [0.2, 0.25) is 11.8 Å². The summed E-state index contributed by atoms with van der Waals surface area (Å²) in [4.78, 5) is 24.8. The van der Waals surface area contributed by atoms with Crippen LogP contribution in [-0.2, 0) is 9.59 Å². The normalized spacial score (nSPS) is 13.4. The summed E-state index contributed by atoms with van der Waals surface area (Å²) in [6.45, 7) is 2.01. The molecule has 0 saturated heterocycles. The Morgan fingerprint density at radius 3 is 2.50 bits per heavy atom. The lowest BCUT2D eigenvalue weighted by Crippen LogP contribution is -2.14. The number of hydrogen-bond acceptors (Lipinski definition) is 3. The Hall–Kier alpha value is -2.27. The Bertz CT molecular complexity index is 739. The zero-order valence-corrected chi connectivity index (χ0v) is 14.4. The number of carbonyl (C=O) groups is 2. The molecule has 0 bridgehead atoms. The van der Waals surface area contributed by atoms with Crippen molar-refractivity contribution < 1.29 is 9.59 Å². The van der Waals surface area contributed by atoms with Crippen molar-refractivity contribution in [2.45, 2.75) is 24.7 Å². The van der Waals surface area contributed by atoms with E-state index in [4.69, 9.17) is 0 Å². The first-order valence-corrected chi connectivity index (χ1v) is 8.99. The second-order valence-corrected chi connectivity index (χ2v) is 7.04. The number of thioether (sulfide) groups is 1. The van der Waals surface area contributed by atoms with Crippen molar-refractivity contribution in [3.63, 3.8) is 0 Å². The second kappa shape index (κ2) is 7.53. The van der Waals surface area contributed by atoms with Crippen molar-refractivity contribution in [3.05, 3.63) is 54.1 Å². The van der Waals surface area contributed by atoms with Crippen LogP contribution >= 0.6 is 11.8 Å². The molecule has 124 valence electrons. The molecule has 2 aromatic rings. The van der Waals surface area contributed by atoms with Gasteiger partial charge in [0.15, 0.2) is 0 Å². The summed E-state index contributed by atoms with van der Waals surface area (Å²) >= 11 is 1.45. The van der Waals surface area contributed by atoms with Gasteiger partial charge in [-0.25, -0.2) is 0 Å².